The van der Waals surface area contributed by atoms with Crippen molar-refractivity contribution >= 4 is 5.82 Å². The van der Waals surface area contributed by atoms with Crippen molar-refractivity contribution in [3.05, 3.63) is 23.9 Å². The minimum atomic E-state index is 0.603. The number of pyridine rings is 1. The van der Waals surface area contributed by atoms with E-state index < -0.39 is 0 Å². The highest BCUT2D eigenvalue weighted by molar-refractivity contribution is 5.34. The first-order valence-electron chi connectivity index (χ1n) is 4.37. The average Bonchev–Trinajstić information content (AvgIpc) is 2.19. The molecule has 3 nitrogen and oxygen atoms in total. The number of nitriles is 1. The second kappa shape index (κ2) is 5.15. The molecule has 1 aromatic heterocycles. The standard InChI is InChI=1S/C10H13N3/c1-12-10-7-4-6-9(13-10)5-2-3-8-11/h4,6-7H,2-3,5H2,1H3,(H,12,13). The van der Waals surface area contributed by atoms with Crippen molar-refractivity contribution in [3.8, 4) is 6.07 Å². The Kier molecular flexibility index (Phi) is 3.77. The van der Waals surface area contributed by atoms with E-state index in [1.807, 2.05) is 25.2 Å². The number of aryl methyl sites for hydroxylation is 1. The van der Waals surface area contributed by atoms with Crippen molar-refractivity contribution in [1.82, 2.24) is 4.98 Å². The molecule has 0 saturated heterocycles. The number of nitrogens with one attached hydrogen (secondary N) is 1. The van der Waals surface area contributed by atoms with Crippen molar-refractivity contribution in [2.24, 2.45) is 0 Å². The third kappa shape index (κ3) is 3.12. The molecule has 0 radical (unpaired) electrons. The van der Waals surface area contributed by atoms with Crippen molar-refractivity contribution in [1.29, 1.82) is 5.26 Å². The maximum atomic E-state index is 8.36. The van der Waals surface area contributed by atoms with Gasteiger partial charge in [-0.1, -0.05) is 6.07 Å². The van der Waals surface area contributed by atoms with Gasteiger partial charge in [-0.15, -0.1) is 0 Å². The van der Waals surface area contributed by atoms with Crippen LogP contribution in [0.5, 0.6) is 0 Å². The molecule has 0 aromatic carbocycles. The Balaban J connectivity index is 2.52. The lowest BCUT2D eigenvalue weighted by Gasteiger charge is -2.01. The van der Waals surface area contributed by atoms with E-state index in [2.05, 4.69) is 16.4 Å². The summed E-state index contributed by atoms with van der Waals surface area (Å²) in [5.41, 5.74) is 1.04. The lowest BCUT2D eigenvalue weighted by molar-refractivity contribution is 0.825. The molecule has 1 N–H and O–H groups in total. The smallest absolute Gasteiger partial charge is 0.125 e. The molecule has 3 heteroatoms. The van der Waals surface area contributed by atoms with E-state index in [1.54, 1.807) is 0 Å². The number of unbranched alkanes of at least 4 members (excludes halogenated alkanes) is 1. The van der Waals surface area contributed by atoms with Crippen LogP contribution < -0.4 is 5.32 Å². The predicted octanol–water partition coefficient (Wildman–Crippen LogP) is 1.97. The van der Waals surface area contributed by atoms with Crippen molar-refractivity contribution in [2.45, 2.75) is 19.3 Å². The molecule has 0 bridgehead atoms. The number of nitrogens with zero attached hydrogens (tertiary/aromatic N) is 2. The largest absolute Gasteiger partial charge is 0.373 e. The monoisotopic (exact) mass is 175 g/mol. The molecule has 0 aliphatic heterocycles. The summed E-state index contributed by atoms with van der Waals surface area (Å²) >= 11 is 0. The molecule has 68 valence electrons. The van der Waals surface area contributed by atoms with E-state index in [4.69, 9.17) is 5.26 Å². The molecule has 0 amide bonds. The molecular formula is C10H13N3. The summed E-state index contributed by atoms with van der Waals surface area (Å²) in [7, 11) is 1.85. The molecule has 0 saturated carbocycles. The fourth-order valence-electron chi connectivity index (χ4n) is 1.11. The summed E-state index contributed by atoms with van der Waals surface area (Å²) in [6.45, 7) is 0. The van der Waals surface area contributed by atoms with Crippen LogP contribution in [0.15, 0.2) is 18.2 Å². The number of hydrogen-bond acceptors (Lipinski definition) is 3. The van der Waals surface area contributed by atoms with Gasteiger partial charge in [0.15, 0.2) is 0 Å². The Labute approximate surface area is 78.4 Å². The third-order valence-corrected chi connectivity index (χ3v) is 1.78. The summed E-state index contributed by atoms with van der Waals surface area (Å²) in [5.74, 6) is 0.884. The van der Waals surface area contributed by atoms with E-state index in [0.717, 1.165) is 24.4 Å². The molecule has 13 heavy (non-hydrogen) atoms. The Bertz CT molecular complexity index is 301. The predicted molar refractivity (Wildman–Crippen MR) is 52.3 cm³/mol. The van der Waals surface area contributed by atoms with Crippen molar-refractivity contribution in [2.75, 3.05) is 12.4 Å². The molecule has 0 aliphatic rings. The van der Waals surface area contributed by atoms with Gasteiger partial charge in [0.05, 0.1) is 6.07 Å². The summed E-state index contributed by atoms with van der Waals surface area (Å²) in [6, 6.07) is 8.00. The quantitative estimate of drug-likeness (QED) is 0.712. The van der Waals surface area contributed by atoms with E-state index in [-0.39, 0.29) is 0 Å². The molecule has 0 atom stereocenters. The number of aromatic nitrogens is 1. The van der Waals surface area contributed by atoms with Crippen molar-refractivity contribution in [3.63, 3.8) is 0 Å². The summed E-state index contributed by atoms with van der Waals surface area (Å²) in [4.78, 5) is 4.34. The first-order valence-corrected chi connectivity index (χ1v) is 4.37. The maximum absolute atomic E-state index is 8.36. The first kappa shape index (κ1) is 9.53. The van der Waals surface area contributed by atoms with Gasteiger partial charge in [-0.05, 0) is 25.0 Å². The third-order valence-electron chi connectivity index (χ3n) is 1.78. The highest BCUT2D eigenvalue weighted by atomic mass is 15.0. The van der Waals surface area contributed by atoms with E-state index in [0.29, 0.717) is 6.42 Å². The van der Waals surface area contributed by atoms with Crippen LogP contribution in [0.25, 0.3) is 0 Å². The van der Waals surface area contributed by atoms with Gasteiger partial charge in [0.2, 0.25) is 0 Å². The zero-order valence-electron chi connectivity index (χ0n) is 7.75. The number of hydrogen-bond donors (Lipinski definition) is 1. The first-order chi connectivity index (χ1) is 6.36. The van der Waals surface area contributed by atoms with Crippen LogP contribution in [-0.4, -0.2) is 12.0 Å². The topological polar surface area (TPSA) is 48.7 Å². The zero-order valence-corrected chi connectivity index (χ0v) is 7.75. The summed E-state index contributed by atoms with van der Waals surface area (Å²) in [6.07, 6.45) is 2.37. The normalized spacial score (nSPS) is 9.23. The Morgan fingerprint density at radius 1 is 1.54 bits per heavy atom. The zero-order chi connectivity index (χ0) is 9.52. The fraction of sp³-hybridized carbons (Fsp3) is 0.400. The van der Waals surface area contributed by atoms with Gasteiger partial charge >= 0.3 is 0 Å². The number of rotatable bonds is 4. The van der Waals surface area contributed by atoms with E-state index in [1.165, 1.54) is 0 Å². The maximum Gasteiger partial charge on any atom is 0.125 e. The van der Waals surface area contributed by atoms with Gasteiger partial charge < -0.3 is 5.32 Å². The van der Waals surface area contributed by atoms with E-state index >= 15 is 0 Å². The van der Waals surface area contributed by atoms with Crippen LogP contribution in [0.2, 0.25) is 0 Å². The SMILES string of the molecule is CNc1cccc(CCCC#N)n1. The van der Waals surface area contributed by atoms with Crippen LogP contribution in [0, 0.1) is 11.3 Å². The highest BCUT2D eigenvalue weighted by Crippen LogP contribution is 2.06. The van der Waals surface area contributed by atoms with Crippen molar-refractivity contribution < 1.29 is 0 Å². The van der Waals surface area contributed by atoms with Crippen LogP contribution in [0.4, 0.5) is 5.82 Å². The molecule has 0 unspecified atom stereocenters. The van der Waals surface area contributed by atoms with Gasteiger partial charge in [0.1, 0.15) is 5.82 Å². The molecule has 0 aliphatic carbocycles. The van der Waals surface area contributed by atoms with Crippen LogP contribution in [0.3, 0.4) is 0 Å². The minimum absolute atomic E-state index is 0.603. The molecule has 1 heterocycles. The fourth-order valence-corrected chi connectivity index (χ4v) is 1.11. The number of anilines is 1. The van der Waals surface area contributed by atoms with Crippen LogP contribution >= 0.6 is 0 Å². The molecule has 0 fully saturated rings. The molecule has 0 spiro atoms. The van der Waals surface area contributed by atoms with E-state index in [9.17, 15) is 0 Å². The Hall–Kier alpha value is -1.56. The Morgan fingerprint density at radius 2 is 2.38 bits per heavy atom. The van der Waals surface area contributed by atoms with Crippen LogP contribution in [0.1, 0.15) is 18.5 Å². The molecule has 1 aromatic rings. The van der Waals surface area contributed by atoms with Gasteiger partial charge in [0, 0.05) is 19.2 Å². The van der Waals surface area contributed by atoms with Gasteiger partial charge in [0.25, 0.3) is 0 Å². The average molecular weight is 175 g/mol. The van der Waals surface area contributed by atoms with Gasteiger partial charge in [-0.2, -0.15) is 5.26 Å². The summed E-state index contributed by atoms with van der Waals surface area (Å²) < 4.78 is 0. The Morgan fingerprint density at radius 3 is 3.08 bits per heavy atom. The highest BCUT2D eigenvalue weighted by Gasteiger charge is 1.95. The second-order valence-corrected chi connectivity index (χ2v) is 2.78. The molecular weight excluding hydrogens is 162 g/mol. The van der Waals surface area contributed by atoms with Crippen LogP contribution in [-0.2, 0) is 6.42 Å². The molecule has 1 rings (SSSR count). The lowest BCUT2D eigenvalue weighted by Crippen LogP contribution is -1.95. The summed E-state index contributed by atoms with van der Waals surface area (Å²) in [5, 5.41) is 11.3. The van der Waals surface area contributed by atoms with Gasteiger partial charge in [-0.3, -0.25) is 0 Å². The second-order valence-electron chi connectivity index (χ2n) is 2.78. The minimum Gasteiger partial charge on any atom is -0.373 e. The van der Waals surface area contributed by atoms with Gasteiger partial charge in [-0.25, -0.2) is 4.98 Å². The lowest BCUT2D eigenvalue weighted by atomic mass is 10.2.